The summed E-state index contributed by atoms with van der Waals surface area (Å²) in [5.74, 6) is 1.11. The van der Waals surface area contributed by atoms with Crippen molar-refractivity contribution >= 4 is 5.97 Å². The van der Waals surface area contributed by atoms with Crippen molar-refractivity contribution in [2.45, 2.75) is 27.0 Å². The van der Waals surface area contributed by atoms with Crippen LogP contribution >= 0.6 is 0 Å². The van der Waals surface area contributed by atoms with Gasteiger partial charge in [-0.3, -0.25) is 0 Å². The average molecular weight is 275 g/mol. The normalized spacial score (nSPS) is 10.3. The standard InChI is InChI=1S/C14H17N3O3/c1-3-17-13(15-10-16-17)9-20-12-7-5-11(6-8-12)14(18)19-4-2/h5-8,10H,3-4,9H2,1-2H3. The predicted molar refractivity (Wildman–Crippen MR) is 72.4 cm³/mol. The summed E-state index contributed by atoms with van der Waals surface area (Å²) < 4.78 is 12.3. The van der Waals surface area contributed by atoms with Crippen LogP contribution in [0.1, 0.15) is 30.0 Å². The van der Waals surface area contributed by atoms with E-state index in [4.69, 9.17) is 9.47 Å². The molecule has 0 aliphatic rings. The van der Waals surface area contributed by atoms with E-state index in [-0.39, 0.29) is 5.97 Å². The number of benzene rings is 1. The van der Waals surface area contributed by atoms with Gasteiger partial charge in [0, 0.05) is 6.54 Å². The molecular formula is C14H17N3O3. The molecule has 0 spiro atoms. The molecule has 0 atom stereocenters. The maximum Gasteiger partial charge on any atom is 0.338 e. The Kier molecular flexibility index (Phi) is 4.70. The van der Waals surface area contributed by atoms with E-state index in [1.807, 2.05) is 6.92 Å². The van der Waals surface area contributed by atoms with Gasteiger partial charge in [-0.2, -0.15) is 5.10 Å². The Labute approximate surface area is 117 Å². The fourth-order valence-corrected chi connectivity index (χ4v) is 1.71. The first kappa shape index (κ1) is 14.0. The van der Waals surface area contributed by atoms with Crippen LogP contribution in [0.2, 0.25) is 0 Å². The fourth-order valence-electron chi connectivity index (χ4n) is 1.71. The Morgan fingerprint density at radius 2 is 2.00 bits per heavy atom. The molecule has 0 amide bonds. The molecule has 106 valence electrons. The molecule has 1 aromatic heterocycles. The van der Waals surface area contributed by atoms with E-state index in [9.17, 15) is 4.79 Å². The molecule has 0 aliphatic carbocycles. The SMILES string of the molecule is CCOC(=O)c1ccc(OCc2ncnn2CC)cc1. The summed E-state index contributed by atoms with van der Waals surface area (Å²) in [6, 6.07) is 6.83. The molecule has 1 aromatic carbocycles. The maximum atomic E-state index is 11.5. The molecule has 6 heteroatoms. The highest BCUT2D eigenvalue weighted by Gasteiger charge is 2.07. The molecule has 0 aliphatic heterocycles. The third-order valence-electron chi connectivity index (χ3n) is 2.73. The molecule has 0 fully saturated rings. The van der Waals surface area contributed by atoms with Crippen molar-refractivity contribution in [3.8, 4) is 5.75 Å². The Balaban J connectivity index is 1.95. The summed E-state index contributed by atoms with van der Waals surface area (Å²) in [6.45, 7) is 5.22. The van der Waals surface area contributed by atoms with E-state index in [0.29, 0.717) is 24.5 Å². The largest absolute Gasteiger partial charge is 0.486 e. The second kappa shape index (κ2) is 6.70. The highest BCUT2D eigenvalue weighted by Crippen LogP contribution is 2.14. The van der Waals surface area contributed by atoms with Crippen molar-refractivity contribution in [2.24, 2.45) is 0 Å². The van der Waals surface area contributed by atoms with Crippen molar-refractivity contribution in [3.05, 3.63) is 42.0 Å². The number of esters is 1. The first-order valence-corrected chi connectivity index (χ1v) is 6.51. The lowest BCUT2D eigenvalue weighted by molar-refractivity contribution is 0.0526. The molecule has 0 radical (unpaired) electrons. The predicted octanol–water partition coefficient (Wildman–Crippen LogP) is 2.05. The third-order valence-corrected chi connectivity index (χ3v) is 2.73. The minimum atomic E-state index is -0.329. The van der Waals surface area contributed by atoms with E-state index in [0.717, 1.165) is 12.4 Å². The number of aromatic nitrogens is 3. The average Bonchev–Trinajstić information content (AvgIpc) is 2.93. The van der Waals surface area contributed by atoms with Crippen LogP contribution in [-0.2, 0) is 17.9 Å². The first-order valence-electron chi connectivity index (χ1n) is 6.51. The van der Waals surface area contributed by atoms with Gasteiger partial charge in [-0.1, -0.05) is 0 Å². The first-order chi connectivity index (χ1) is 9.74. The highest BCUT2D eigenvalue weighted by atomic mass is 16.5. The summed E-state index contributed by atoms with van der Waals surface area (Å²) in [7, 11) is 0. The zero-order valence-electron chi connectivity index (χ0n) is 11.6. The summed E-state index contributed by atoms with van der Waals surface area (Å²) in [6.07, 6.45) is 1.51. The van der Waals surface area contributed by atoms with Gasteiger partial charge < -0.3 is 9.47 Å². The molecule has 20 heavy (non-hydrogen) atoms. The van der Waals surface area contributed by atoms with Gasteiger partial charge in [0.15, 0.2) is 5.82 Å². The van der Waals surface area contributed by atoms with E-state index in [1.54, 1.807) is 35.9 Å². The van der Waals surface area contributed by atoms with Crippen molar-refractivity contribution < 1.29 is 14.3 Å². The van der Waals surface area contributed by atoms with Gasteiger partial charge in [-0.25, -0.2) is 14.5 Å². The van der Waals surface area contributed by atoms with Crippen molar-refractivity contribution in [1.82, 2.24) is 14.8 Å². The van der Waals surface area contributed by atoms with Crippen molar-refractivity contribution in [2.75, 3.05) is 6.61 Å². The fraction of sp³-hybridized carbons (Fsp3) is 0.357. The highest BCUT2D eigenvalue weighted by molar-refractivity contribution is 5.89. The van der Waals surface area contributed by atoms with Crippen molar-refractivity contribution in [1.29, 1.82) is 0 Å². The van der Waals surface area contributed by atoms with Gasteiger partial charge in [0.1, 0.15) is 18.7 Å². The lowest BCUT2D eigenvalue weighted by atomic mass is 10.2. The summed E-state index contributed by atoms with van der Waals surface area (Å²) in [5, 5.41) is 4.07. The van der Waals surface area contributed by atoms with E-state index in [2.05, 4.69) is 10.1 Å². The number of carbonyl (C=O) groups excluding carboxylic acids is 1. The smallest absolute Gasteiger partial charge is 0.338 e. The number of ether oxygens (including phenoxy) is 2. The molecule has 2 rings (SSSR count). The number of aryl methyl sites for hydroxylation is 1. The monoisotopic (exact) mass is 275 g/mol. The second-order valence-electron chi connectivity index (χ2n) is 4.03. The summed E-state index contributed by atoms with van der Waals surface area (Å²) >= 11 is 0. The maximum absolute atomic E-state index is 11.5. The van der Waals surface area contributed by atoms with Crippen LogP contribution in [0.3, 0.4) is 0 Å². The minimum absolute atomic E-state index is 0.329. The number of hydrogen-bond donors (Lipinski definition) is 0. The molecule has 0 saturated carbocycles. The molecule has 0 unspecified atom stereocenters. The molecular weight excluding hydrogens is 258 g/mol. The minimum Gasteiger partial charge on any atom is -0.486 e. The number of hydrogen-bond acceptors (Lipinski definition) is 5. The Morgan fingerprint density at radius 1 is 1.25 bits per heavy atom. The zero-order valence-corrected chi connectivity index (χ0v) is 11.6. The topological polar surface area (TPSA) is 66.2 Å². The van der Waals surface area contributed by atoms with Gasteiger partial charge in [0.05, 0.1) is 12.2 Å². The Morgan fingerprint density at radius 3 is 2.65 bits per heavy atom. The van der Waals surface area contributed by atoms with Crippen LogP contribution in [0.25, 0.3) is 0 Å². The van der Waals surface area contributed by atoms with Crippen molar-refractivity contribution in [3.63, 3.8) is 0 Å². The molecule has 1 heterocycles. The summed E-state index contributed by atoms with van der Waals surface area (Å²) in [4.78, 5) is 15.6. The zero-order chi connectivity index (χ0) is 14.4. The van der Waals surface area contributed by atoms with Gasteiger partial charge in [-0.05, 0) is 38.1 Å². The third kappa shape index (κ3) is 3.34. The molecule has 0 saturated heterocycles. The van der Waals surface area contributed by atoms with Gasteiger partial charge >= 0.3 is 5.97 Å². The number of rotatable bonds is 6. The number of carbonyl (C=O) groups is 1. The van der Waals surface area contributed by atoms with Crippen LogP contribution < -0.4 is 4.74 Å². The lowest BCUT2D eigenvalue weighted by Gasteiger charge is -2.07. The number of nitrogens with zero attached hydrogens (tertiary/aromatic N) is 3. The van der Waals surface area contributed by atoms with Crippen LogP contribution in [0.15, 0.2) is 30.6 Å². The quantitative estimate of drug-likeness (QED) is 0.755. The van der Waals surface area contributed by atoms with Gasteiger partial charge in [0.25, 0.3) is 0 Å². The molecule has 0 N–H and O–H groups in total. The van der Waals surface area contributed by atoms with E-state index in [1.165, 1.54) is 6.33 Å². The van der Waals surface area contributed by atoms with Crippen LogP contribution in [0, 0.1) is 0 Å². The molecule has 0 bridgehead atoms. The van der Waals surface area contributed by atoms with Crippen LogP contribution in [0.4, 0.5) is 0 Å². The van der Waals surface area contributed by atoms with E-state index >= 15 is 0 Å². The van der Waals surface area contributed by atoms with Crippen LogP contribution in [0.5, 0.6) is 5.75 Å². The Hall–Kier alpha value is -2.37. The second-order valence-corrected chi connectivity index (χ2v) is 4.03. The summed E-state index contributed by atoms with van der Waals surface area (Å²) in [5.41, 5.74) is 0.510. The van der Waals surface area contributed by atoms with Crippen LogP contribution in [-0.4, -0.2) is 27.3 Å². The lowest BCUT2D eigenvalue weighted by Crippen LogP contribution is -2.07. The Bertz CT molecular complexity index is 563. The van der Waals surface area contributed by atoms with Gasteiger partial charge in [-0.15, -0.1) is 0 Å². The van der Waals surface area contributed by atoms with Gasteiger partial charge in [0.2, 0.25) is 0 Å². The van der Waals surface area contributed by atoms with E-state index < -0.39 is 0 Å². The molecule has 2 aromatic rings. The molecule has 6 nitrogen and oxygen atoms in total.